The zero-order valence-corrected chi connectivity index (χ0v) is 26.7. The summed E-state index contributed by atoms with van der Waals surface area (Å²) in [5.41, 5.74) is 0.523. The Bertz CT molecular complexity index is 1980. The topological polar surface area (TPSA) is 130 Å². The fourth-order valence-corrected chi connectivity index (χ4v) is 5.37. The minimum absolute atomic E-state index is 0.00778. The highest BCUT2D eigenvalue weighted by molar-refractivity contribution is 9.10. The Hall–Kier alpha value is -4.55. The van der Waals surface area contributed by atoms with Crippen LogP contribution < -0.4 is 10.1 Å². The monoisotopic (exact) mass is 776 g/mol. The second kappa shape index (κ2) is 13.9. The molecule has 0 bridgehead atoms. The SMILES string of the molecule is O=C(NCc1ccc(OC(F)(F)F)cc1)c1cc(Br)cc(Cl)c1CC(=O)c1cc(Cn2nnc(C(F)(F)F)n2)nn1-c1ncccc1Cl. The standard InChI is InChI=1S/C28H17BrCl2F6N8O3/c29-15-8-19(25(47)39-12-14-3-5-17(6-4-14)48-28(35,36)37)18(21(31)9-15)11-23(46)22-10-16(13-44-42-26(40-43-44)27(32,33)34)41-45(22)24-20(30)2-1-7-38-24/h1-10H,11-13H2,(H,39,47). The first-order valence-electron chi connectivity index (χ1n) is 13.3. The van der Waals surface area contributed by atoms with E-state index in [1.54, 1.807) is 0 Å². The number of tetrazole rings is 1. The number of nitrogens with one attached hydrogen (secondary N) is 1. The number of halogens is 9. The van der Waals surface area contributed by atoms with E-state index in [1.165, 1.54) is 48.7 Å². The summed E-state index contributed by atoms with van der Waals surface area (Å²) in [7, 11) is 0. The number of nitrogens with zero attached hydrogens (tertiary/aromatic N) is 7. The minimum Gasteiger partial charge on any atom is -0.406 e. The van der Waals surface area contributed by atoms with Crippen LogP contribution in [0.15, 0.2) is 65.3 Å². The molecule has 250 valence electrons. The molecule has 0 aliphatic carbocycles. The molecule has 0 atom stereocenters. The number of benzene rings is 2. The van der Waals surface area contributed by atoms with Crippen molar-refractivity contribution in [1.29, 1.82) is 0 Å². The maximum Gasteiger partial charge on any atom is 0.573 e. The molecule has 20 heteroatoms. The van der Waals surface area contributed by atoms with Gasteiger partial charge in [-0.3, -0.25) is 9.59 Å². The number of aromatic nitrogens is 7. The first-order valence-corrected chi connectivity index (χ1v) is 14.8. The highest BCUT2D eigenvalue weighted by Gasteiger charge is 2.37. The van der Waals surface area contributed by atoms with Crippen LogP contribution in [0.1, 0.15) is 43.5 Å². The van der Waals surface area contributed by atoms with Gasteiger partial charge in [-0.1, -0.05) is 51.3 Å². The van der Waals surface area contributed by atoms with Crippen LogP contribution in [0.5, 0.6) is 5.75 Å². The maximum absolute atomic E-state index is 13.8. The number of pyridine rings is 1. The van der Waals surface area contributed by atoms with Crippen molar-refractivity contribution in [3.8, 4) is 11.6 Å². The van der Waals surface area contributed by atoms with Gasteiger partial charge in [0.15, 0.2) is 11.6 Å². The van der Waals surface area contributed by atoms with E-state index in [0.717, 1.165) is 16.8 Å². The lowest BCUT2D eigenvalue weighted by Crippen LogP contribution is -2.25. The molecule has 11 nitrogen and oxygen atoms in total. The molecule has 5 rings (SSSR count). The van der Waals surface area contributed by atoms with Gasteiger partial charge in [-0.15, -0.1) is 23.4 Å². The summed E-state index contributed by atoms with van der Waals surface area (Å²) in [4.78, 5) is 31.9. The largest absolute Gasteiger partial charge is 0.573 e. The fraction of sp³-hybridized carbons (Fsp3) is 0.179. The Morgan fingerprint density at radius 3 is 2.33 bits per heavy atom. The van der Waals surface area contributed by atoms with Crippen molar-refractivity contribution < 1.29 is 40.7 Å². The Labute approximate surface area is 283 Å². The van der Waals surface area contributed by atoms with Gasteiger partial charge in [-0.25, -0.2) is 9.67 Å². The number of alkyl halides is 6. The average Bonchev–Trinajstić information content (AvgIpc) is 3.65. The number of Topliss-reactive ketones (excluding diaryl/α,β-unsaturated/α-hetero) is 1. The first-order chi connectivity index (χ1) is 22.6. The molecule has 0 spiro atoms. The van der Waals surface area contributed by atoms with E-state index in [2.05, 4.69) is 51.5 Å². The number of carbonyl (C=O) groups is 2. The van der Waals surface area contributed by atoms with Gasteiger partial charge in [0.05, 0.1) is 10.7 Å². The van der Waals surface area contributed by atoms with Crippen LogP contribution in [-0.4, -0.2) is 53.0 Å². The number of hydrogen-bond donors (Lipinski definition) is 1. The van der Waals surface area contributed by atoms with Gasteiger partial charge >= 0.3 is 12.5 Å². The molecule has 1 N–H and O–H groups in total. The lowest BCUT2D eigenvalue weighted by Gasteiger charge is -2.14. The zero-order valence-electron chi connectivity index (χ0n) is 23.7. The fourth-order valence-electron chi connectivity index (χ4n) is 4.29. The molecule has 0 radical (unpaired) electrons. The van der Waals surface area contributed by atoms with E-state index in [1.807, 2.05) is 0 Å². The van der Waals surface area contributed by atoms with Crippen LogP contribution in [-0.2, 0) is 25.7 Å². The summed E-state index contributed by atoms with van der Waals surface area (Å²) in [6, 6.07) is 12.0. The molecule has 0 aliphatic rings. The number of carbonyl (C=O) groups excluding carboxylic acids is 2. The van der Waals surface area contributed by atoms with Crippen LogP contribution >= 0.6 is 39.1 Å². The van der Waals surface area contributed by atoms with Crippen molar-refractivity contribution in [2.24, 2.45) is 0 Å². The van der Waals surface area contributed by atoms with Crippen molar-refractivity contribution >= 4 is 50.8 Å². The third kappa shape index (κ3) is 8.48. The Morgan fingerprint density at radius 1 is 0.958 bits per heavy atom. The predicted octanol–water partition coefficient (Wildman–Crippen LogP) is 6.64. The number of rotatable bonds is 10. The van der Waals surface area contributed by atoms with Gasteiger partial charge in [0.25, 0.3) is 11.7 Å². The molecule has 0 unspecified atom stereocenters. The van der Waals surface area contributed by atoms with Crippen LogP contribution in [0.3, 0.4) is 0 Å². The molecule has 48 heavy (non-hydrogen) atoms. The number of amides is 1. The van der Waals surface area contributed by atoms with Crippen LogP contribution in [0.25, 0.3) is 5.82 Å². The summed E-state index contributed by atoms with van der Waals surface area (Å²) in [5, 5.41) is 16.8. The lowest BCUT2D eigenvalue weighted by atomic mass is 10.00. The molecular weight excluding hydrogens is 761 g/mol. The Balaban J connectivity index is 1.41. The normalized spacial score (nSPS) is 11.9. The van der Waals surface area contributed by atoms with Gasteiger partial charge in [-0.05, 0) is 58.8 Å². The van der Waals surface area contributed by atoms with Crippen LogP contribution in [0.2, 0.25) is 10.0 Å². The second-order valence-electron chi connectivity index (χ2n) is 9.77. The minimum atomic E-state index is -4.86. The van der Waals surface area contributed by atoms with Crippen LogP contribution in [0, 0.1) is 0 Å². The molecule has 0 saturated heterocycles. The van der Waals surface area contributed by atoms with Gasteiger partial charge in [0, 0.05) is 34.2 Å². The molecule has 0 aliphatic heterocycles. The van der Waals surface area contributed by atoms with Crippen LogP contribution in [0.4, 0.5) is 26.3 Å². The predicted molar refractivity (Wildman–Crippen MR) is 160 cm³/mol. The van der Waals surface area contributed by atoms with Crippen molar-refractivity contribution in [2.75, 3.05) is 0 Å². The number of ketones is 1. The molecule has 5 aromatic rings. The quantitative estimate of drug-likeness (QED) is 0.123. The van der Waals surface area contributed by atoms with Crippen molar-refractivity contribution in [3.05, 3.63) is 109 Å². The van der Waals surface area contributed by atoms with E-state index < -0.39 is 48.8 Å². The summed E-state index contributed by atoms with van der Waals surface area (Å²) >= 11 is 16.1. The third-order valence-electron chi connectivity index (χ3n) is 6.35. The molecule has 2 aromatic carbocycles. The van der Waals surface area contributed by atoms with Crippen molar-refractivity contribution in [1.82, 2.24) is 40.3 Å². The smallest absolute Gasteiger partial charge is 0.406 e. The molecule has 0 fully saturated rings. The van der Waals surface area contributed by atoms with Crippen molar-refractivity contribution in [3.63, 3.8) is 0 Å². The van der Waals surface area contributed by atoms with Crippen molar-refractivity contribution in [2.45, 2.75) is 32.0 Å². The van der Waals surface area contributed by atoms with E-state index >= 15 is 0 Å². The summed E-state index contributed by atoms with van der Waals surface area (Å²) < 4.78 is 81.7. The molecule has 3 aromatic heterocycles. The highest BCUT2D eigenvalue weighted by atomic mass is 79.9. The Morgan fingerprint density at radius 2 is 1.69 bits per heavy atom. The Kier molecular flexibility index (Phi) is 10.1. The van der Waals surface area contributed by atoms with E-state index in [9.17, 15) is 35.9 Å². The molecule has 0 saturated carbocycles. The third-order valence-corrected chi connectivity index (χ3v) is 7.44. The van der Waals surface area contributed by atoms with Gasteiger partial charge in [0.2, 0.25) is 0 Å². The first kappa shape index (κ1) is 34.8. The highest BCUT2D eigenvalue weighted by Crippen LogP contribution is 2.29. The molecule has 3 heterocycles. The maximum atomic E-state index is 13.8. The average molecular weight is 778 g/mol. The van der Waals surface area contributed by atoms with E-state index in [4.69, 9.17) is 23.2 Å². The van der Waals surface area contributed by atoms with E-state index in [-0.39, 0.29) is 44.9 Å². The lowest BCUT2D eigenvalue weighted by molar-refractivity contribution is -0.274. The summed E-state index contributed by atoms with van der Waals surface area (Å²) in [5.74, 6) is -3.15. The van der Waals surface area contributed by atoms with Gasteiger partial charge in [-0.2, -0.15) is 23.1 Å². The van der Waals surface area contributed by atoms with E-state index in [0.29, 0.717) is 14.8 Å². The molecule has 1 amide bonds. The van der Waals surface area contributed by atoms with Gasteiger partial charge < -0.3 is 10.1 Å². The summed E-state index contributed by atoms with van der Waals surface area (Å²) in [6.45, 7) is -0.500. The summed E-state index contributed by atoms with van der Waals surface area (Å²) in [6.07, 6.45) is -8.75. The zero-order chi connectivity index (χ0) is 34.8. The molecular formula is C28H17BrCl2F6N8O3. The number of hydrogen-bond acceptors (Lipinski definition) is 8. The number of ether oxygens (including phenoxy) is 1. The second-order valence-corrected chi connectivity index (χ2v) is 11.5. The van der Waals surface area contributed by atoms with Gasteiger partial charge in [0.1, 0.15) is 18.0 Å².